The fourth-order valence-electron chi connectivity index (χ4n) is 1.84. The molecule has 0 spiro atoms. The molecule has 2 heteroatoms. The topological polar surface area (TPSA) is 26.3 Å². The maximum absolute atomic E-state index is 11.3. The molecule has 2 nitrogen and oxygen atoms in total. The van der Waals surface area contributed by atoms with Crippen LogP contribution < -0.4 is 0 Å². The monoisotopic (exact) mass is 202 g/mol. The average molecular weight is 202 g/mol. The number of hydrogen-bond acceptors (Lipinski definition) is 2. The normalized spacial score (nSPS) is 17.9. The molecule has 1 aliphatic heterocycles. The van der Waals surface area contributed by atoms with Gasteiger partial charge >= 0.3 is 0 Å². The van der Waals surface area contributed by atoms with Gasteiger partial charge in [-0.15, -0.1) is 0 Å². The molecule has 0 aliphatic carbocycles. The third-order valence-corrected chi connectivity index (χ3v) is 2.84. The fraction of sp³-hybridized carbons (Fsp3) is 0.308. The smallest absolute Gasteiger partial charge is 0.199 e. The molecule has 1 aromatic carbocycles. The third-order valence-electron chi connectivity index (χ3n) is 2.84. The molecule has 15 heavy (non-hydrogen) atoms. The number of carbonyl (C=O) groups is 1. The number of benzene rings is 1. The Hall–Kier alpha value is -1.57. The lowest BCUT2D eigenvalue weighted by Crippen LogP contribution is -1.99. The third kappa shape index (κ3) is 1.80. The molecule has 78 valence electrons. The molecule has 0 saturated heterocycles. The lowest BCUT2D eigenvalue weighted by Gasteiger charge is -2.13. The second kappa shape index (κ2) is 3.89. The van der Waals surface area contributed by atoms with E-state index in [4.69, 9.17) is 4.74 Å². The van der Waals surface area contributed by atoms with Crippen molar-refractivity contribution in [1.82, 2.24) is 0 Å². The quantitative estimate of drug-likeness (QED) is 0.737. The summed E-state index contributed by atoms with van der Waals surface area (Å²) in [6.07, 6.45) is 0. The maximum atomic E-state index is 11.3. The first-order valence-corrected chi connectivity index (χ1v) is 5.12. The van der Waals surface area contributed by atoms with Crippen LogP contribution in [-0.2, 0) is 9.53 Å². The molecule has 2 rings (SSSR count). The summed E-state index contributed by atoms with van der Waals surface area (Å²) in [6.45, 7) is 4.11. The molecule has 1 atom stereocenters. The van der Waals surface area contributed by atoms with Gasteiger partial charge in [-0.1, -0.05) is 37.3 Å². The number of rotatable bonds is 2. The van der Waals surface area contributed by atoms with E-state index in [-0.39, 0.29) is 18.3 Å². The molecule has 0 amide bonds. The largest absolute Gasteiger partial charge is 0.489 e. The van der Waals surface area contributed by atoms with Crippen molar-refractivity contribution in [2.45, 2.75) is 19.8 Å². The van der Waals surface area contributed by atoms with Crippen LogP contribution in [0.3, 0.4) is 0 Å². The van der Waals surface area contributed by atoms with Gasteiger partial charge < -0.3 is 4.74 Å². The Morgan fingerprint density at radius 1 is 1.27 bits per heavy atom. The van der Waals surface area contributed by atoms with Crippen molar-refractivity contribution in [1.29, 1.82) is 0 Å². The van der Waals surface area contributed by atoms with E-state index in [1.807, 2.05) is 25.1 Å². The van der Waals surface area contributed by atoms with Crippen LogP contribution in [0.2, 0.25) is 0 Å². The van der Waals surface area contributed by atoms with Gasteiger partial charge in [-0.05, 0) is 12.5 Å². The van der Waals surface area contributed by atoms with Gasteiger partial charge in [0.2, 0.25) is 0 Å². The molecular weight excluding hydrogens is 188 g/mol. The highest BCUT2D eigenvalue weighted by Gasteiger charge is 2.25. The van der Waals surface area contributed by atoms with Crippen molar-refractivity contribution in [3.05, 3.63) is 47.2 Å². The highest BCUT2D eigenvalue weighted by Crippen LogP contribution is 2.30. The summed E-state index contributed by atoms with van der Waals surface area (Å²) in [5, 5.41) is 0. The fourth-order valence-corrected chi connectivity index (χ4v) is 1.84. The maximum Gasteiger partial charge on any atom is 0.199 e. The summed E-state index contributed by atoms with van der Waals surface area (Å²) < 4.78 is 5.42. The Morgan fingerprint density at radius 3 is 2.47 bits per heavy atom. The van der Waals surface area contributed by atoms with E-state index in [1.165, 1.54) is 5.56 Å². The van der Waals surface area contributed by atoms with E-state index >= 15 is 0 Å². The van der Waals surface area contributed by atoms with E-state index in [0.29, 0.717) is 0 Å². The average Bonchev–Trinajstić information content (AvgIpc) is 2.60. The van der Waals surface area contributed by atoms with Crippen LogP contribution in [0.25, 0.3) is 0 Å². The molecule has 1 unspecified atom stereocenters. The predicted octanol–water partition coefficient (Wildman–Crippen LogP) is 2.66. The van der Waals surface area contributed by atoms with E-state index in [2.05, 4.69) is 19.1 Å². The first-order chi connectivity index (χ1) is 7.20. The molecule has 1 aromatic rings. The van der Waals surface area contributed by atoms with Gasteiger partial charge in [0.1, 0.15) is 5.76 Å². The molecule has 1 aliphatic rings. The van der Waals surface area contributed by atoms with E-state index in [1.54, 1.807) is 0 Å². The number of carbonyl (C=O) groups excluding carboxylic acids is 1. The SMILES string of the molecule is CC1=C(C(C)c2ccccc2)OCC1=O. The van der Waals surface area contributed by atoms with Crippen LogP contribution in [-0.4, -0.2) is 12.4 Å². The number of ketones is 1. The second-order valence-electron chi connectivity index (χ2n) is 3.83. The highest BCUT2D eigenvalue weighted by atomic mass is 16.5. The molecule has 0 radical (unpaired) electrons. The minimum Gasteiger partial charge on any atom is -0.489 e. The Bertz CT molecular complexity index is 404. The predicted molar refractivity (Wildman–Crippen MR) is 58.5 cm³/mol. The van der Waals surface area contributed by atoms with Crippen LogP contribution in [0.5, 0.6) is 0 Å². The number of ether oxygens (including phenoxy) is 1. The Kier molecular flexibility index (Phi) is 2.58. The zero-order valence-electron chi connectivity index (χ0n) is 8.99. The van der Waals surface area contributed by atoms with Crippen molar-refractivity contribution in [2.75, 3.05) is 6.61 Å². The lowest BCUT2D eigenvalue weighted by atomic mass is 9.96. The summed E-state index contributed by atoms with van der Waals surface area (Å²) in [5.41, 5.74) is 1.95. The van der Waals surface area contributed by atoms with Gasteiger partial charge in [0, 0.05) is 11.5 Å². The molecule has 1 heterocycles. The minimum atomic E-state index is 0.104. The van der Waals surface area contributed by atoms with Crippen LogP contribution in [0.1, 0.15) is 25.3 Å². The van der Waals surface area contributed by atoms with E-state index in [9.17, 15) is 4.79 Å². The van der Waals surface area contributed by atoms with Gasteiger partial charge in [0.15, 0.2) is 12.4 Å². The van der Waals surface area contributed by atoms with Gasteiger partial charge in [-0.3, -0.25) is 4.79 Å². The summed E-state index contributed by atoms with van der Waals surface area (Å²) in [7, 11) is 0. The van der Waals surface area contributed by atoms with Crippen molar-refractivity contribution in [3.63, 3.8) is 0 Å². The highest BCUT2D eigenvalue weighted by molar-refractivity contribution is 5.98. The Morgan fingerprint density at radius 2 is 1.93 bits per heavy atom. The second-order valence-corrected chi connectivity index (χ2v) is 3.83. The number of Topliss-reactive ketones (excluding diaryl/α,β-unsaturated/α-hetero) is 1. The number of allylic oxidation sites excluding steroid dienone is 1. The molecule has 0 fully saturated rings. The lowest BCUT2D eigenvalue weighted by molar-refractivity contribution is -0.116. The zero-order valence-corrected chi connectivity index (χ0v) is 8.99. The zero-order chi connectivity index (χ0) is 10.8. The Labute approximate surface area is 89.6 Å². The molecule has 0 N–H and O–H groups in total. The Balaban J connectivity index is 2.30. The van der Waals surface area contributed by atoms with Crippen LogP contribution >= 0.6 is 0 Å². The van der Waals surface area contributed by atoms with Crippen molar-refractivity contribution in [3.8, 4) is 0 Å². The van der Waals surface area contributed by atoms with Crippen LogP contribution in [0, 0.1) is 0 Å². The first kappa shape index (κ1) is 9.97. The molecule has 0 bridgehead atoms. The van der Waals surface area contributed by atoms with Gasteiger partial charge in [0.05, 0.1) is 0 Å². The van der Waals surface area contributed by atoms with E-state index in [0.717, 1.165) is 11.3 Å². The van der Waals surface area contributed by atoms with Crippen molar-refractivity contribution in [2.24, 2.45) is 0 Å². The van der Waals surface area contributed by atoms with Gasteiger partial charge in [-0.25, -0.2) is 0 Å². The number of hydrogen-bond donors (Lipinski definition) is 0. The standard InChI is InChI=1S/C13H14O2/c1-9(11-6-4-3-5-7-11)13-10(2)12(14)8-15-13/h3-7,9H,8H2,1-2H3. The first-order valence-electron chi connectivity index (χ1n) is 5.12. The summed E-state index contributed by atoms with van der Waals surface area (Å²) in [6, 6.07) is 10.1. The van der Waals surface area contributed by atoms with Crippen LogP contribution in [0.4, 0.5) is 0 Å². The summed E-state index contributed by atoms with van der Waals surface area (Å²) in [4.78, 5) is 11.3. The molecule has 0 saturated carbocycles. The van der Waals surface area contributed by atoms with Crippen molar-refractivity contribution >= 4 is 5.78 Å². The minimum absolute atomic E-state index is 0.104. The van der Waals surface area contributed by atoms with Crippen molar-refractivity contribution < 1.29 is 9.53 Å². The van der Waals surface area contributed by atoms with Gasteiger partial charge in [0.25, 0.3) is 0 Å². The van der Waals surface area contributed by atoms with Crippen LogP contribution in [0.15, 0.2) is 41.7 Å². The molecular formula is C13H14O2. The summed E-state index contributed by atoms with van der Waals surface area (Å²) in [5.74, 6) is 1.09. The summed E-state index contributed by atoms with van der Waals surface area (Å²) >= 11 is 0. The molecule has 0 aromatic heterocycles. The van der Waals surface area contributed by atoms with E-state index < -0.39 is 0 Å². The van der Waals surface area contributed by atoms with Gasteiger partial charge in [-0.2, -0.15) is 0 Å².